The molecular weight excluding hydrogens is 258 g/mol. The number of amides is 1. The molecule has 106 valence electrons. The lowest BCUT2D eigenvalue weighted by atomic mass is 10.1. The second kappa shape index (κ2) is 4.76. The van der Waals surface area contributed by atoms with Gasteiger partial charge < -0.3 is 15.7 Å². The molecule has 2 heterocycles. The van der Waals surface area contributed by atoms with Gasteiger partial charge in [0.05, 0.1) is 12.6 Å². The lowest BCUT2D eigenvalue weighted by Gasteiger charge is -2.25. The van der Waals surface area contributed by atoms with Crippen molar-refractivity contribution < 1.29 is 18.7 Å². The van der Waals surface area contributed by atoms with Crippen LogP contribution in [0.5, 0.6) is 0 Å². The number of carbonyl (C=O) groups excluding carboxylic acids is 1. The highest BCUT2D eigenvalue weighted by Crippen LogP contribution is 2.29. The Kier molecular flexibility index (Phi) is 3.44. The fraction of sp³-hybridized carbons (Fsp3) is 0.636. The number of hydrogen-bond acceptors (Lipinski definition) is 4. The fourth-order valence-electron chi connectivity index (χ4n) is 2.24. The summed E-state index contributed by atoms with van der Waals surface area (Å²) < 4.78 is 28.6. The summed E-state index contributed by atoms with van der Waals surface area (Å²) in [5.74, 6) is -3.29. The fourth-order valence-corrected chi connectivity index (χ4v) is 2.24. The average Bonchev–Trinajstić information content (AvgIpc) is 2.59. The van der Waals surface area contributed by atoms with Crippen molar-refractivity contribution in [2.24, 2.45) is 12.8 Å². The van der Waals surface area contributed by atoms with Crippen molar-refractivity contribution in [1.82, 2.24) is 9.78 Å². The Balaban J connectivity index is 2.27. The molecule has 0 radical (unpaired) electrons. The summed E-state index contributed by atoms with van der Waals surface area (Å²) in [5.41, 5.74) is 5.14. The first-order chi connectivity index (χ1) is 8.78. The number of nitrogens with two attached hydrogens (primary N) is 1. The number of anilines is 1. The minimum atomic E-state index is -2.98. The van der Waals surface area contributed by atoms with Crippen LogP contribution in [0.25, 0.3) is 0 Å². The molecule has 0 bridgehead atoms. The van der Waals surface area contributed by atoms with Gasteiger partial charge in [-0.1, -0.05) is 0 Å². The van der Waals surface area contributed by atoms with E-state index in [0.29, 0.717) is 5.82 Å². The van der Waals surface area contributed by atoms with Crippen LogP contribution in [-0.4, -0.2) is 45.9 Å². The standard InChI is InChI=1S/C11H16F2N4O2/c1-16-9(4-8(15-16)10(14)19)17-3-2-7(18)5-11(12,13)6-17/h4,7,18H,2-3,5-6H2,1H3,(H2,14,19). The maximum absolute atomic E-state index is 13.6. The zero-order chi connectivity index (χ0) is 14.2. The van der Waals surface area contributed by atoms with Gasteiger partial charge in [-0.2, -0.15) is 5.10 Å². The number of nitrogens with zero attached hydrogens (tertiary/aromatic N) is 3. The van der Waals surface area contributed by atoms with E-state index in [1.165, 1.54) is 15.6 Å². The zero-order valence-electron chi connectivity index (χ0n) is 10.5. The summed E-state index contributed by atoms with van der Waals surface area (Å²) in [6, 6.07) is 1.39. The zero-order valence-corrected chi connectivity index (χ0v) is 10.5. The monoisotopic (exact) mass is 274 g/mol. The van der Waals surface area contributed by atoms with Gasteiger partial charge in [0.2, 0.25) is 0 Å². The summed E-state index contributed by atoms with van der Waals surface area (Å²) in [4.78, 5) is 12.4. The van der Waals surface area contributed by atoms with Gasteiger partial charge in [0.15, 0.2) is 5.69 Å². The Labute approximate surface area is 108 Å². The number of hydrogen-bond donors (Lipinski definition) is 2. The lowest BCUT2D eigenvalue weighted by molar-refractivity contribution is -0.0294. The molecule has 0 aromatic carbocycles. The predicted molar refractivity (Wildman–Crippen MR) is 64.1 cm³/mol. The van der Waals surface area contributed by atoms with Gasteiger partial charge in [0, 0.05) is 26.1 Å². The predicted octanol–water partition coefficient (Wildman–Crippen LogP) is 0.115. The van der Waals surface area contributed by atoms with Crippen molar-refractivity contribution in [3.05, 3.63) is 11.8 Å². The Morgan fingerprint density at radius 3 is 2.89 bits per heavy atom. The normalized spacial score (nSPS) is 23.2. The first-order valence-corrected chi connectivity index (χ1v) is 5.93. The number of primary amides is 1. The van der Waals surface area contributed by atoms with Crippen LogP contribution in [0, 0.1) is 0 Å². The molecule has 8 heteroatoms. The third kappa shape index (κ3) is 3.01. The van der Waals surface area contributed by atoms with Gasteiger partial charge in [-0.05, 0) is 6.42 Å². The van der Waals surface area contributed by atoms with Crippen LogP contribution in [0.1, 0.15) is 23.3 Å². The second-order valence-corrected chi connectivity index (χ2v) is 4.80. The molecule has 1 aliphatic heterocycles. The van der Waals surface area contributed by atoms with Gasteiger partial charge in [0.25, 0.3) is 11.8 Å². The summed E-state index contributed by atoms with van der Waals surface area (Å²) >= 11 is 0. The van der Waals surface area contributed by atoms with E-state index in [1.807, 2.05) is 0 Å². The Hall–Kier alpha value is -1.70. The van der Waals surface area contributed by atoms with Crippen LogP contribution in [-0.2, 0) is 7.05 Å². The van der Waals surface area contributed by atoms with E-state index in [9.17, 15) is 18.7 Å². The first kappa shape index (κ1) is 13.7. The van der Waals surface area contributed by atoms with Crippen molar-refractivity contribution in [2.45, 2.75) is 24.9 Å². The van der Waals surface area contributed by atoms with Crippen LogP contribution in [0.15, 0.2) is 6.07 Å². The molecular formula is C11H16F2N4O2. The number of aromatic nitrogens is 2. The minimum absolute atomic E-state index is 0.0330. The molecule has 1 unspecified atom stereocenters. The molecule has 1 aromatic heterocycles. The Morgan fingerprint density at radius 2 is 2.32 bits per heavy atom. The maximum atomic E-state index is 13.6. The third-order valence-corrected chi connectivity index (χ3v) is 3.12. The highest BCUT2D eigenvalue weighted by atomic mass is 19.3. The number of rotatable bonds is 2. The average molecular weight is 274 g/mol. The molecule has 0 spiro atoms. The van der Waals surface area contributed by atoms with E-state index >= 15 is 0 Å². The molecule has 6 nitrogen and oxygen atoms in total. The number of alkyl halides is 2. The minimum Gasteiger partial charge on any atom is -0.393 e. The van der Waals surface area contributed by atoms with Crippen LogP contribution in [0.4, 0.5) is 14.6 Å². The van der Waals surface area contributed by atoms with E-state index in [0.717, 1.165) is 0 Å². The SMILES string of the molecule is Cn1nc(C(N)=O)cc1N1CCC(O)CC(F)(F)C1. The summed E-state index contributed by atoms with van der Waals surface area (Å²) in [5, 5.41) is 13.3. The number of aliphatic hydroxyl groups excluding tert-OH is 1. The van der Waals surface area contributed by atoms with Gasteiger partial charge >= 0.3 is 0 Å². The van der Waals surface area contributed by atoms with Crippen LogP contribution in [0.3, 0.4) is 0 Å². The van der Waals surface area contributed by atoms with Crippen LogP contribution < -0.4 is 10.6 Å². The van der Waals surface area contributed by atoms with E-state index in [1.54, 1.807) is 7.05 Å². The molecule has 0 saturated carbocycles. The van der Waals surface area contributed by atoms with Crippen LogP contribution in [0.2, 0.25) is 0 Å². The highest BCUT2D eigenvalue weighted by molar-refractivity contribution is 5.91. The molecule has 1 aromatic rings. The number of aryl methyl sites for hydroxylation is 1. The molecule has 1 fully saturated rings. The van der Waals surface area contributed by atoms with Crippen molar-refractivity contribution in [3.63, 3.8) is 0 Å². The van der Waals surface area contributed by atoms with Gasteiger partial charge in [0.1, 0.15) is 5.82 Å². The number of aliphatic hydroxyl groups is 1. The Bertz CT molecular complexity index is 489. The third-order valence-electron chi connectivity index (χ3n) is 3.12. The van der Waals surface area contributed by atoms with Gasteiger partial charge in [-0.15, -0.1) is 0 Å². The molecule has 1 aliphatic rings. The smallest absolute Gasteiger partial charge is 0.269 e. The summed E-state index contributed by atoms with van der Waals surface area (Å²) in [6.07, 6.45) is -1.33. The molecule has 2 rings (SSSR count). The first-order valence-electron chi connectivity index (χ1n) is 5.93. The lowest BCUT2D eigenvalue weighted by Crippen LogP contribution is -2.36. The second-order valence-electron chi connectivity index (χ2n) is 4.80. The molecule has 1 saturated heterocycles. The summed E-state index contributed by atoms with van der Waals surface area (Å²) in [7, 11) is 1.56. The highest BCUT2D eigenvalue weighted by Gasteiger charge is 2.38. The molecule has 1 amide bonds. The van der Waals surface area contributed by atoms with Gasteiger partial charge in [-0.3, -0.25) is 9.48 Å². The van der Waals surface area contributed by atoms with E-state index in [4.69, 9.17) is 5.73 Å². The van der Waals surface area contributed by atoms with Crippen LogP contribution >= 0.6 is 0 Å². The van der Waals surface area contributed by atoms with E-state index < -0.39 is 30.9 Å². The molecule has 0 aliphatic carbocycles. The van der Waals surface area contributed by atoms with E-state index in [-0.39, 0.29) is 18.7 Å². The number of carbonyl (C=O) groups is 1. The molecule has 1 atom stereocenters. The number of halogens is 2. The van der Waals surface area contributed by atoms with Crippen molar-refractivity contribution in [2.75, 3.05) is 18.0 Å². The quantitative estimate of drug-likeness (QED) is 0.802. The molecule has 3 N–H and O–H groups in total. The summed E-state index contributed by atoms with van der Waals surface area (Å²) in [6.45, 7) is -0.240. The topological polar surface area (TPSA) is 84.4 Å². The van der Waals surface area contributed by atoms with Crippen molar-refractivity contribution in [3.8, 4) is 0 Å². The van der Waals surface area contributed by atoms with Gasteiger partial charge in [-0.25, -0.2) is 8.78 Å². The van der Waals surface area contributed by atoms with E-state index in [2.05, 4.69) is 5.10 Å². The Morgan fingerprint density at radius 1 is 1.63 bits per heavy atom. The largest absolute Gasteiger partial charge is 0.393 e. The maximum Gasteiger partial charge on any atom is 0.269 e. The molecule has 19 heavy (non-hydrogen) atoms. The van der Waals surface area contributed by atoms with Crippen molar-refractivity contribution in [1.29, 1.82) is 0 Å². The van der Waals surface area contributed by atoms with Crippen molar-refractivity contribution >= 4 is 11.7 Å².